The number of hydrogen-bond acceptors (Lipinski definition) is 4. The molecular formula is C26H24FN3O3S. The highest BCUT2D eigenvalue weighted by molar-refractivity contribution is 7.10. The highest BCUT2D eigenvalue weighted by atomic mass is 32.1. The normalized spacial score (nSPS) is 20.2. The Kier molecular flexibility index (Phi) is 5.69. The van der Waals surface area contributed by atoms with Crippen LogP contribution in [0.15, 0.2) is 60.0 Å². The second kappa shape index (κ2) is 8.68. The van der Waals surface area contributed by atoms with Crippen LogP contribution in [0.3, 0.4) is 0 Å². The zero-order valence-corrected chi connectivity index (χ0v) is 19.5. The van der Waals surface area contributed by atoms with E-state index >= 15 is 0 Å². The van der Waals surface area contributed by atoms with Crippen LogP contribution in [0.25, 0.3) is 0 Å². The third-order valence-electron chi connectivity index (χ3n) is 6.59. The summed E-state index contributed by atoms with van der Waals surface area (Å²) in [4.78, 5) is 40.9. The van der Waals surface area contributed by atoms with E-state index in [0.29, 0.717) is 5.56 Å². The van der Waals surface area contributed by atoms with Crippen molar-refractivity contribution in [2.75, 3.05) is 6.54 Å². The molecule has 6 nitrogen and oxygen atoms in total. The van der Waals surface area contributed by atoms with Gasteiger partial charge < -0.3 is 10.6 Å². The number of hydrogen-bond donors (Lipinski definition) is 2. The number of urea groups is 1. The summed E-state index contributed by atoms with van der Waals surface area (Å²) < 4.78 is 13.4. The van der Waals surface area contributed by atoms with Crippen LogP contribution in [-0.2, 0) is 28.0 Å². The minimum absolute atomic E-state index is 0.370. The number of thiophene rings is 1. The molecule has 2 heterocycles. The second-order valence-electron chi connectivity index (χ2n) is 8.85. The fraction of sp³-hybridized carbons (Fsp3) is 0.269. The number of aryl methyl sites for hydroxylation is 2. The van der Waals surface area contributed by atoms with Crippen LogP contribution in [0.1, 0.15) is 46.5 Å². The molecule has 174 valence electrons. The molecule has 2 N–H and O–H groups in total. The molecular weight excluding hydrogens is 453 g/mol. The molecule has 0 spiro atoms. The van der Waals surface area contributed by atoms with Crippen LogP contribution >= 0.6 is 11.3 Å². The molecule has 5 rings (SSSR count). The van der Waals surface area contributed by atoms with E-state index in [1.165, 1.54) is 34.6 Å². The largest absolute Gasteiger partial charge is 0.343 e. The Labute approximate surface area is 200 Å². The fourth-order valence-corrected chi connectivity index (χ4v) is 5.50. The van der Waals surface area contributed by atoms with Crippen LogP contribution in [-0.4, -0.2) is 29.3 Å². The third kappa shape index (κ3) is 3.98. The van der Waals surface area contributed by atoms with Gasteiger partial charge in [0.25, 0.3) is 5.91 Å². The second-order valence-corrected chi connectivity index (χ2v) is 9.83. The number of nitrogens with one attached hydrogen (secondary N) is 2. The number of carbonyl (C=O) groups is 3. The Morgan fingerprint density at radius 2 is 1.91 bits per heavy atom. The summed E-state index contributed by atoms with van der Waals surface area (Å²) in [7, 11) is 0. The van der Waals surface area contributed by atoms with Crippen molar-refractivity contribution in [1.29, 1.82) is 0 Å². The van der Waals surface area contributed by atoms with E-state index < -0.39 is 36.0 Å². The highest BCUT2D eigenvalue weighted by Crippen LogP contribution is 2.33. The van der Waals surface area contributed by atoms with Crippen molar-refractivity contribution in [3.8, 4) is 0 Å². The van der Waals surface area contributed by atoms with Crippen molar-refractivity contribution in [3.05, 3.63) is 92.9 Å². The summed E-state index contributed by atoms with van der Waals surface area (Å²) in [6, 6.07) is 14.4. The lowest BCUT2D eigenvalue weighted by molar-refractivity contribution is -0.135. The fourth-order valence-electron chi connectivity index (χ4n) is 4.70. The molecule has 2 atom stereocenters. The smallest absolute Gasteiger partial charge is 0.325 e. The highest BCUT2D eigenvalue weighted by Gasteiger charge is 2.49. The van der Waals surface area contributed by atoms with E-state index in [2.05, 4.69) is 10.6 Å². The Balaban J connectivity index is 1.34. The summed E-state index contributed by atoms with van der Waals surface area (Å²) in [6.45, 7) is 1.27. The number of rotatable bonds is 6. The minimum Gasteiger partial charge on any atom is -0.343 e. The molecule has 2 aliphatic rings. The van der Waals surface area contributed by atoms with Gasteiger partial charge in [-0.2, -0.15) is 0 Å². The molecule has 34 heavy (non-hydrogen) atoms. The van der Waals surface area contributed by atoms with E-state index in [1.807, 2.05) is 35.7 Å². The average molecular weight is 478 g/mol. The van der Waals surface area contributed by atoms with E-state index in [0.717, 1.165) is 34.6 Å². The quantitative estimate of drug-likeness (QED) is 0.526. The van der Waals surface area contributed by atoms with Crippen molar-refractivity contribution >= 4 is 29.2 Å². The summed E-state index contributed by atoms with van der Waals surface area (Å²) in [6.07, 6.45) is 3.07. The van der Waals surface area contributed by atoms with E-state index in [-0.39, 0.29) is 5.82 Å². The zero-order chi connectivity index (χ0) is 23.9. The van der Waals surface area contributed by atoms with Crippen molar-refractivity contribution in [2.45, 2.75) is 37.8 Å². The molecule has 0 saturated carbocycles. The molecule has 0 unspecified atom stereocenters. The van der Waals surface area contributed by atoms with Crippen LogP contribution in [0.2, 0.25) is 0 Å². The molecule has 1 aliphatic heterocycles. The van der Waals surface area contributed by atoms with Crippen LogP contribution in [0.4, 0.5) is 9.18 Å². The van der Waals surface area contributed by atoms with Crippen LogP contribution in [0, 0.1) is 5.82 Å². The van der Waals surface area contributed by atoms with Crippen molar-refractivity contribution in [2.24, 2.45) is 0 Å². The minimum atomic E-state index is -1.22. The number of benzene rings is 2. The maximum absolute atomic E-state index is 13.4. The molecule has 1 fully saturated rings. The van der Waals surface area contributed by atoms with E-state index in [4.69, 9.17) is 0 Å². The van der Waals surface area contributed by atoms with Gasteiger partial charge in [0.15, 0.2) is 0 Å². The number of imide groups is 1. The molecule has 1 aromatic heterocycles. The Morgan fingerprint density at radius 1 is 1.15 bits per heavy atom. The van der Waals surface area contributed by atoms with E-state index in [9.17, 15) is 18.8 Å². The van der Waals surface area contributed by atoms with Crippen molar-refractivity contribution in [1.82, 2.24) is 15.5 Å². The monoisotopic (exact) mass is 477 g/mol. The van der Waals surface area contributed by atoms with Gasteiger partial charge in [0.2, 0.25) is 5.91 Å². The first-order chi connectivity index (χ1) is 16.3. The first kappa shape index (κ1) is 22.3. The SMILES string of the molecule is C[C@]1(c2ccc3c(c2)CCC3)NC(=O)N(CC(=O)N[C@H](c2ccc(F)cc2)c2cccs2)C1=O. The first-order valence-corrected chi connectivity index (χ1v) is 12.1. The summed E-state index contributed by atoms with van der Waals surface area (Å²) >= 11 is 1.45. The lowest BCUT2D eigenvalue weighted by atomic mass is 9.89. The third-order valence-corrected chi connectivity index (χ3v) is 7.53. The maximum Gasteiger partial charge on any atom is 0.325 e. The molecule has 8 heteroatoms. The van der Waals surface area contributed by atoms with Gasteiger partial charge >= 0.3 is 6.03 Å². The maximum atomic E-state index is 13.4. The van der Waals surface area contributed by atoms with Gasteiger partial charge in [-0.25, -0.2) is 9.18 Å². The van der Waals surface area contributed by atoms with Gasteiger partial charge in [-0.3, -0.25) is 14.5 Å². The molecule has 4 amide bonds. The Bertz CT molecular complexity index is 1260. The first-order valence-electron chi connectivity index (χ1n) is 11.2. The van der Waals surface area contributed by atoms with Crippen LogP contribution in [0.5, 0.6) is 0 Å². The van der Waals surface area contributed by atoms with Gasteiger partial charge in [-0.05, 0) is 72.0 Å². The predicted molar refractivity (Wildman–Crippen MR) is 127 cm³/mol. The topological polar surface area (TPSA) is 78.5 Å². The number of nitrogens with zero attached hydrogens (tertiary/aromatic N) is 1. The van der Waals surface area contributed by atoms with E-state index in [1.54, 1.807) is 19.1 Å². The molecule has 2 aromatic carbocycles. The summed E-state index contributed by atoms with van der Waals surface area (Å²) in [5, 5.41) is 7.57. The lowest BCUT2D eigenvalue weighted by Gasteiger charge is -2.23. The molecule has 0 radical (unpaired) electrons. The van der Waals surface area contributed by atoms with Gasteiger partial charge in [-0.1, -0.05) is 36.4 Å². The van der Waals surface area contributed by atoms with Crippen LogP contribution < -0.4 is 10.6 Å². The summed E-state index contributed by atoms with van der Waals surface area (Å²) in [5.74, 6) is -1.31. The van der Waals surface area contributed by atoms with Crippen molar-refractivity contribution in [3.63, 3.8) is 0 Å². The molecule has 1 saturated heterocycles. The number of amides is 4. The lowest BCUT2D eigenvalue weighted by Crippen LogP contribution is -2.44. The summed E-state index contributed by atoms with van der Waals surface area (Å²) in [5.41, 5.74) is 2.68. The number of halogens is 1. The van der Waals surface area contributed by atoms with Gasteiger partial charge in [0, 0.05) is 4.88 Å². The molecule has 3 aromatic rings. The Morgan fingerprint density at radius 3 is 2.65 bits per heavy atom. The molecule has 0 bridgehead atoms. The average Bonchev–Trinajstić information content (AvgIpc) is 3.56. The molecule has 1 aliphatic carbocycles. The number of fused-ring (bicyclic) bond motifs is 1. The number of carbonyl (C=O) groups excluding carboxylic acids is 3. The predicted octanol–water partition coefficient (Wildman–Crippen LogP) is 4.05. The standard InChI is InChI=1S/C26H24FN3O3S/c1-26(19-10-7-16-4-2-5-18(16)14-19)24(32)30(25(33)29-26)15-22(31)28-23(21-6-3-13-34-21)17-8-11-20(27)12-9-17/h3,6-14,23H,2,4-5,15H2,1H3,(H,28,31)(H,29,33)/t23-,26-/m1/s1. The van der Waals surface area contributed by atoms with Gasteiger partial charge in [0.1, 0.15) is 17.9 Å². The zero-order valence-electron chi connectivity index (χ0n) is 18.6. The van der Waals surface area contributed by atoms with Gasteiger partial charge in [0.05, 0.1) is 6.04 Å². The Hall–Kier alpha value is -3.52. The van der Waals surface area contributed by atoms with Crippen molar-refractivity contribution < 1.29 is 18.8 Å². The van der Waals surface area contributed by atoms with Gasteiger partial charge in [-0.15, -0.1) is 11.3 Å².